The molecule has 0 fully saturated rings. The lowest BCUT2D eigenvalue weighted by Crippen LogP contribution is -2.28. The molecule has 0 saturated heterocycles. The van der Waals surface area contributed by atoms with E-state index in [4.69, 9.17) is 4.74 Å². The van der Waals surface area contributed by atoms with Gasteiger partial charge in [-0.3, -0.25) is 4.79 Å². The third kappa shape index (κ3) is 4.47. The van der Waals surface area contributed by atoms with Crippen molar-refractivity contribution in [2.75, 3.05) is 6.61 Å². The second kappa shape index (κ2) is 7.21. The number of thiophene rings is 1. The van der Waals surface area contributed by atoms with E-state index < -0.39 is 5.97 Å². The molecule has 0 atom stereocenters. The Labute approximate surface area is 128 Å². The number of carbonyl (C=O) groups is 2. The van der Waals surface area contributed by atoms with Gasteiger partial charge in [0.25, 0.3) is 5.91 Å². The molecule has 1 aromatic carbocycles. The van der Waals surface area contributed by atoms with Gasteiger partial charge in [0, 0.05) is 16.4 Å². The third-order valence-electron chi connectivity index (χ3n) is 2.47. The second-order valence-corrected chi connectivity index (χ2v) is 5.69. The van der Waals surface area contributed by atoms with Crippen molar-refractivity contribution in [1.29, 1.82) is 0 Å². The van der Waals surface area contributed by atoms with E-state index >= 15 is 0 Å². The Bertz CT molecular complexity index is 598. The van der Waals surface area contributed by atoms with Crippen LogP contribution < -0.4 is 5.32 Å². The van der Waals surface area contributed by atoms with Crippen molar-refractivity contribution in [3.8, 4) is 0 Å². The lowest BCUT2D eigenvalue weighted by atomic mass is 10.2. The Hall–Kier alpha value is -1.66. The van der Waals surface area contributed by atoms with Crippen LogP contribution in [0.25, 0.3) is 0 Å². The van der Waals surface area contributed by atoms with E-state index in [1.165, 1.54) is 11.3 Å². The summed E-state index contributed by atoms with van der Waals surface area (Å²) in [5.74, 6) is -0.808. The van der Waals surface area contributed by atoms with Gasteiger partial charge in [0.15, 0.2) is 6.61 Å². The summed E-state index contributed by atoms with van der Waals surface area (Å²) in [6, 6.07) is 9.28. The summed E-state index contributed by atoms with van der Waals surface area (Å²) >= 11 is 4.77. The van der Waals surface area contributed by atoms with Crippen molar-refractivity contribution in [1.82, 2.24) is 5.32 Å². The Morgan fingerprint density at radius 1 is 1.30 bits per heavy atom. The quantitative estimate of drug-likeness (QED) is 0.840. The van der Waals surface area contributed by atoms with Crippen LogP contribution in [0.2, 0.25) is 0 Å². The minimum Gasteiger partial charge on any atom is -0.452 e. The van der Waals surface area contributed by atoms with Crippen molar-refractivity contribution in [2.24, 2.45) is 0 Å². The fraction of sp³-hybridized carbons (Fsp3) is 0.143. The van der Waals surface area contributed by atoms with E-state index in [2.05, 4.69) is 21.2 Å². The summed E-state index contributed by atoms with van der Waals surface area (Å²) in [6.07, 6.45) is 0. The molecule has 0 spiro atoms. The monoisotopic (exact) mass is 353 g/mol. The van der Waals surface area contributed by atoms with Gasteiger partial charge in [-0.15, -0.1) is 0 Å². The van der Waals surface area contributed by atoms with Crippen LogP contribution in [0.15, 0.2) is 45.6 Å². The lowest BCUT2D eigenvalue weighted by Gasteiger charge is -2.06. The fourth-order valence-electron chi connectivity index (χ4n) is 1.49. The molecule has 2 rings (SSSR count). The molecule has 0 radical (unpaired) electrons. The van der Waals surface area contributed by atoms with Crippen LogP contribution in [0.5, 0.6) is 0 Å². The molecule has 20 heavy (non-hydrogen) atoms. The molecule has 1 amide bonds. The number of ether oxygens (including phenoxy) is 1. The van der Waals surface area contributed by atoms with Crippen LogP contribution in [0.4, 0.5) is 0 Å². The molecule has 104 valence electrons. The highest BCUT2D eigenvalue weighted by Crippen LogP contribution is 2.11. The Morgan fingerprint density at radius 2 is 2.15 bits per heavy atom. The molecule has 0 bridgehead atoms. The number of carbonyl (C=O) groups excluding carboxylic acids is 2. The van der Waals surface area contributed by atoms with E-state index in [9.17, 15) is 9.59 Å². The van der Waals surface area contributed by atoms with E-state index in [-0.39, 0.29) is 12.5 Å². The average molecular weight is 354 g/mol. The molecule has 0 aliphatic rings. The number of rotatable bonds is 5. The maximum absolute atomic E-state index is 11.6. The first-order chi connectivity index (χ1) is 9.65. The largest absolute Gasteiger partial charge is 0.452 e. The number of nitrogens with one attached hydrogen (secondary N) is 1. The number of amides is 1. The smallest absolute Gasteiger partial charge is 0.339 e. The number of hydrogen-bond donors (Lipinski definition) is 1. The van der Waals surface area contributed by atoms with Crippen molar-refractivity contribution in [3.63, 3.8) is 0 Å². The standard InChI is InChI=1S/C14H12BrNO3S/c15-12-3-1-2-10(6-12)7-16-13(17)8-19-14(18)11-4-5-20-9-11/h1-6,9H,7-8H2,(H,16,17). The molecule has 0 aliphatic carbocycles. The first kappa shape index (κ1) is 14.7. The highest BCUT2D eigenvalue weighted by atomic mass is 79.9. The molecular formula is C14H12BrNO3S. The molecule has 1 heterocycles. The SMILES string of the molecule is O=C(COC(=O)c1ccsc1)NCc1cccc(Br)c1. The van der Waals surface area contributed by atoms with E-state index in [1.807, 2.05) is 24.3 Å². The molecule has 1 N–H and O–H groups in total. The van der Waals surface area contributed by atoms with Crippen molar-refractivity contribution in [2.45, 2.75) is 6.54 Å². The van der Waals surface area contributed by atoms with Gasteiger partial charge in [0.05, 0.1) is 5.56 Å². The van der Waals surface area contributed by atoms with Crippen molar-refractivity contribution < 1.29 is 14.3 Å². The van der Waals surface area contributed by atoms with Gasteiger partial charge < -0.3 is 10.1 Å². The molecule has 4 nitrogen and oxygen atoms in total. The molecule has 0 saturated carbocycles. The normalized spacial score (nSPS) is 10.1. The Balaban J connectivity index is 1.74. The summed E-state index contributed by atoms with van der Waals surface area (Å²) in [5, 5.41) is 6.16. The minimum atomic E-state index is -0.483. The molecule has 2 aromatic rings. The van der Waals surface area contributed by atoms with Crippen LogP contribution in [0.3, 0.4) is 0 Å². The zero-order chi connectivity index (χ0) is 14.4. The van der Waals surface area contributed by atoms with Crippen LogP contribution in [0, 0.1) is 0 Å². The summed E-state index contributed by atoms with van der Waals surface area (Å²) in [7, 11) is 0. The summed E-state index contributed by atoms with van der Waals surface area (Å²) in [4.78, 5) is 23.1. The molecule has 0 aliphatic heterocycles. The zero-order valence-electron chi connectivity index (χ0n) is 10.5. The predicted molar refractivity (Wildman–Crippen MR) is 80.6 cm³/mol. The number of halogens is 1. The highest BCUT2D eigenvalue weighted by molar-refractivity contribution is 9.10. The number of esters is 1. The van der Waals surface area contributed by atoms with E-state index in [1.54, 1.807) is 16.8 Å². The van der Waals surface area contributed by atoms with E-state index in [0.29, 0.717) is 12.1 Å². The zero-order valence-corrected chi connectivity index (χ0v) is 12.9. The van der Waals surface area contributed by atoms with Gasteiger partial charge in [-0.1, -0.05) is 28.1 Å². The minimum absolute atomic E-state index is 0.275. The summed E-state index contributed by atoms with van der Waals surface area (Å²) in [6.45, 7) is 0.122. The van der Waals surface area contributed by atoms with Crippen molar-refractivity contribution >= 4 is 39.1 Å². The lowest BCUT2D eigenvalue weighted by molar-refractivity contribution is -0.124. The highest BCUT2D eigenvalue weighted by Gasteiger charge is 2.10. The molecule has 1 aromatic heterocycles. The van der Waals surface area contributed by atoms with Crippen LogP contribution >= 0.6 is 27.3 Å². The van der Waals surface area contributed by atoms with Crippen molar-refractivity contribution in [3.05, 3.63) is 56.7 Å². The Morgan fingerprint density at radius 3 is 2.85 bits per heavy atom. The van der Waals surface area contributed by atoms with Crippen LogP contribution in [0.1, 0.15) is 15.9 Å². The predicted octanol–water partition coefficient (Wildman–Crippen LogP) is 2.98. The van der Waals surface area contributed by atoms with Gasteiger partial charge in [-0.2, -0.15) is 11.3 Å². The first-order valence-corrected chi connectivity index (χ1v) is 7.59. The molecule has 6 heteroatoms. The topological polar surface area (TPSA) is 55.4 Å². The van der Waals surface area contributed by atoms with Gasteiger partial charge in [-0.25, -0.2) is 4.79 Å². The van der Waals surface area contributed by atoms with Crippen LogP contribution in [-0.2, 0) is 16.1 Å². The van der Waals surface area contributed by atoms with Gasteiger partial charge in [0.2, 0.25) is 0 Å². The van der Waals surface area contributed by atoms with Gasteiger partial charge in [0.1, 0.15) is 0 Å². The maximum Gasteiger partial charge on any atom is 0.339 e. The number of hydrogen-bond acceptors (Lipinski definition) is 4. The maximum atomic E-state index is 11.6. The van der Waals surface area contributed by atoms with Gasteiger partial charge >= 0.3 is 5.97 Å². The Kier molecular flexibility index (Phi) is 5.31. The first-order valence-electron chi connectivity index (χ1n) is 5.85. The molecular weight excluding hydrogens is 342 g/mol. The second-order valence-electron chi connectivity index (χ2n) is 3.99. The third-order valence-corrected chi connectivity index (χ3v) is 3.65. The summed E-state index contributed by atoms with van der Waals surface area (Å²) < 4.78 is 5.86. The molecule has 0 unspecified atom stereocenters. The summed E-state index contributed by atoms with van der Waals surface area (Å²) in [5.41, 5.74) is 1.44. The fourth-order valence-corrected chi connectivity index (χ4v) is 2.57. The van der Waals surface area contributed by atoms with Gasteiger partial charge in [-0.05, 0) is 29.1 Å². The van der Waals surface area contributed by atoms with E-state index in [0.717, 1.165) is 10.0 Å². The average Bonchev–Trinajstić information content (AvgIpc) is 2.97. The number of benzene rings is 1. The van der Waals surface area contributed by atoms with Crippen LogP contribution in [-0.4, -0.2) is 18.5 Å².